The number of sulfonamides is 1. The van der Waals surface area contributed by atoms with Gasteiger partial charge in [-0.1, -0.05) is 0 Å². The number of benzene rings is 1. The van der Waals surface area contributed by atoms with E-state index in [4.69, 9.17) is 10.5 Å². The molecule has 0 aliphatic carbocycles. The van der Waals surface area contributed by atoms with E-state index in [1.165, 1.54) is 11.3 Å². The average molecular weight is 495 g/mol. The number of nitrogens with one attached hydrogen (secondary N) is 2. The molecule has 176 valence electrons. The molecule has 3 aliphatic rings. The Hall–Kier alpha value is -2.47. The van der Waals surface area contributed by atoms with Gasteiger partial charge in [0.1, 0.15) is 21.9 Å². The molecule has 4 N–H and O–H groups in total. The Morgan fingerprint density at radius 2 is 2.06 bits per heavy atom. The summed E-state index contributed by atoms with van der Waals surface area (Å²) in [6, 6.07) is 6.13. The van der Waals surface area contributed by atoms with Crippen molar-refractivity contribution in [1.82, 2.24) is 15.2 Å². The number of hydrazine groups is 1. The van der Waals surface area contributed by atoms with E-state index < -0.39 is 33.8 Å². The van der Waals surface area contributed by atoms with E-state index >= 15 is 0 Å². The second kappa shape index (κ2) is 8.39. The highest BCUT2D eigenvalue weighted by molar-refractivity contribution is 7.91. The second-order valence-corrected chi connectivity index (χ2v) is 11.9. The summed E-state index contributed by atoms with van der Waals surface area (Å²) in [6.45, 7) is 2.19. The summed E-state index contributed by atoms with van der Waals surface area (Å²) >= 11 is 1.22. The fourth-order valence-electron chi connectivity index (χ4n) is 4.51. The molecule has 1 unspecified atom stereocenters. The van der Waals surface area contributed by atoms with Crippen LogP contribution in [-0.4, -0.2) is 31.5 Å². The quantitative estimate of drug-likeness (QED) is 0.605. The molecule has 7 nitrogen and oxygen atoms in total. The van der Waals surface area contributed by atoms with E-state index in [9.17, 15) is 17.2 Å². The highest BCUT2D eigenvalue weighted by atomic mass is 32.2. The zero-order valence-electron chi connectivity index (χ0n) is 17.8. The largest absolute Gasteiger partial charge is 0.386 e. The van der Waals surface area contributed by atoms with E-state index in [1.54, 1.807) is 24.5 Å². The van der Waals surface area contributed by atoms with Crippen LogP contribution in [0.5, 0.6) is 0 Å². The summed E-state index contributed by atoms with van der Waals surface area (Å²) in [5.74, 6) is -1.05. The Morgan fingerprint density at radius 1 is 1.24 bits per heavy atom. The van der Waals surface area contributed by atoms with E-state index in [0.717, 1.165) is 33.1 Å². The topological polar surface area (TPSA) is 96.7 Å². The molecule has 0 amide bonds. The van der Waals surface area contributed by atoms with Crippen LogP contribution < -0.4 is 16.5 Å². The van der Waals surface area contributed by atoms with Gasteiger partial charge in [0.15, 0.2) is 0 Å². The van der Waals surface area contributed by atoms with Crippen LogP contribution in [0.2, 0.25) is 0 Å². The van der Waals surface area contributed by atoms with Crippen LogP contribution in [0.3, 0.4) is 0 Å². The lowest BCUT2D eigenvalue weighted by Crippen LogP contribution is -2.47. The maximum atomic E-state index is 14.2. The lowest BCUT2D eigenvalue weighted by molar-refractivity contribution is -0.0415. The third-order valence-corrected chi connectivity index (χ3v) is 9.28. The number of fused-ring (bicyclic) bond motifs is 1. The monoisotopic (exact) mass is 494 g/mol. The third kappa shape index (κ3) is 4.14. The first-order valence-corrected chi connectivity index (χ1v) is 12.8. The summed E-state index contributed by atoms with van der Waals surface area (Å²) in [6.07, 6.45) is 3.79. The minimum atomic E-state index is -3.69. The lowest BCUT2D eigenvalue weighted by atomic mass is 9.83. The van der Waals surface area contributed by atoms with Crippen molar-refractivity contribution in [3.05, 3.63) is 76.1 Å². The van der Waals surface area contributed by atoms with Crippen molar-refractivity contribution in [3.63, 3.8) is 0 Å². The minimum absolute atomic E-state index is 0.0252. The van der Waals surface area contributed by atoms with Crippen LogP contribution in [0, 0.1) is 24.5 Å². The molecule has 4 heterocycles. The fourth-order valence-corrected chi connectivity index (χ4v) is 7.08. The molecule has 4 atom stereocenters. The molecular formula is C22H24F2N4O3S2. The number of thiophene rings is 1. The van der Waals surface area contributed by atoms with E-state index in [1.807, 2.05) is 6.92 Å². The normalized spacial score (nSPS) is 27.3. The Labute approximate surface area is 194 Å². The maximum absolute atomic E-state index is 14.2. The predicted octanol–water partition coefficient (Wildman–Crippen LogP) is 3.04. The molecule has 33 heavy (non-hydrogen) atoms. The van der Waals surface area contributed by atoms with Crippen molar-refractivity contribution in [1.29, 1.82) is 0 Å². The lowest BCUT2D eigenvalue weighted by Gasteiger charge is -2.39. The highest BCUT2D eigenvalue weighted by Crippen LogP contribution is 2.37. The summed E-state index contributed by atoms with van der Waals surface area (Å²) < 4.78 is 61.0. The second-order valence-electron chi connectivity index (χ2n) is 8.55. The van der Waals surface area contributed by atoms with E-state index in [2.05, 4.69) is 10.7 Å². The van der Waals surface area contributed by atoms with Gasteiger partial charge in [0.2, 0.25) is 0 Å². The molecule has 0 saturated carbocycles. The van der Waals surface area contributed by atoms with Crippen molar-refractivity contribution < 1.29 is 21.9 Å². The molecule has 11 heteroatoms. The first kappa shape index (κ1) is 22.3. The number of aryl methyl sites for hydroxylation is 1. The standard InChI is InChI=1S/C22H24F2N4O3S2/c1-12-2-5-21(32-12)33(29,30)28-10-13-7-19(26-9-20(13)27-28)14-6-18(25)22(31-11-14)16-8-15(23)3-4-17(16)24/h2-5,8-10,14,18-19,22,26-27H,6-7,11,25H2,1H3/t14-,18-,19?,22+/m0/s1. The molecule has 1 fully saturated rings. The molecule has 1 aromatic heterocycles. The predicted molar refractivity (Wildman–Crippen MR) is 120 cm³/mol. The third-order valence-electron chi connectivity index (χ3n) is 6.25. The van der Waals surface area contributed by atoms with Crippen LogP contribution in [0.1, 0.15) is 29.4 Å². The van der Waals surface area contributed by atoms with Crippen LogP contribution in [0.25, 0.3) is 0 Å². The average Bonchev–Trinajstić information content (AvgIpc) is 3.42. The zero-order valence-corrected chi connectivity index (χ0v) is 19.4. The number of hydrogen-bond donors (Lipinski definition) is 3. The molecule has 2 aromatic rings. The van der Waals surface area contributed by atoms with Crippen molar-refractivity contribution >= 4 is 21.4 Å². The van der Waals surface area contributed by atoms with Crippen molar-refractivity contribution in [2.45, 2.75) is 42.2 Å². The van der Waals surface area contributed by atoms with Gasteiger partial charge in [0.25, 0.3) is 10.0 Å². The molecule has 1 saturated heterocycles. The van der Waals surface area contributed by atoms with Crippen LogP contribution >= 0.6 is 11.3 Å². The fraction of sp³-hybridized carbons (Fsp3) is 0.364. The van der Waals surface area contributed by atoms with Gasteiger partial charge in [-0.15, -0.1) is 11.3 Å². The molecule has 0 spiro atoms. The molecule has 0 bridgehead atoms. The van der Waals surface area contributed by atoms with Gasteiger partial charge >= 0.3 is 0 Å². The Morgan fingerprint density at radius 3 is 2.79 bits per heavy atom. The summed E-state index contributed by atoms with van der Waals surface area (Å²) in [5.41, 5.74) is 10.9. The molecule has 5 rings (SSSR count). The number of nitrogens with two attached hydrogens (primary N) is 1. The first-order valence-electron chi connectivity index (χ1n) is 10.6. The first-order chi connectivity index (χ1) is 15.7. The Balaban J connectivity index is 1.28. The number of ether oxygens (including phenoxy) is 1. The van der Waals surface area contributed by atoms with Crippen molar-refractivity contribution in [2.24, 2.45) is 11.7 Å². The minimum Gasteiger partial charge on any atom is -0.386 e. The van der Waals surface area contributed by atoms with Crippen LogP contribution in [0.15, 0.2) is 58.2 Å². The number of hydrogen-bond acceptors (Lipinski definition) is 7. The number of rotatable bonds is 4. The van der Waals surface area contributed by atoms with E-state index in [-0.39, 0.29) is 21.7 Å². The SMILES string of the molecule is Cc1ccc(S(=O)(=O)N2C=C3CC([C@@H]4CO[C@H](c5cc(F)ccc5F)[C@@H](N)C4)NC=C3N2)s1. The number of nitrogens with zero attached hydrogens (tertiary/aromatic N) is 1. The molecule has 1 aromatic carbocycles. The smallest absolute Gasteiger partial charge is 0.290 e. The molecule has 3 aliphatic heterocycles. The highest BCUT2D eigenvalue weighted by Gasteiger charge is 2.39. The Kier molecular flexibility index (Phi) is 5.68. The van der Waals surface area contributed by atoms with Gasteiger partial charge in [-0.05, 0) is 55.7 Å². The van der Waals surface area contributed by atoms with E-state index in [0.29, 0.717) is 25.1 Å². The number of halogens is 2. The van der Waals surface area contributed by atoms with Gasteiger partial charge in [-0.25, -0.2) is 8.78 Å². The zero-order chi connectivity index (χ0) is 23.3. The molecular weight excluding hydrogens is 470 g/mol. The summed E-state index contributed by atoms with van der Waals surface area (Å²) in [7, 11) is -3.69. The van der Waals surface area contributed by atoms with Crippen LogP contribution in [0.4, 0.5) is 8.78 Å². The summed E-state index contributed by atoms with van der Waals surface area (Å²) in [5, 5.41) is 3.32. The van der Waals surface area contributed by atoms with Crippen molar-refractivity contribution in [3.8, 4) is 0 Å². The summed E-state index contributed by atoms with van der Waals surface area (Å²) in [4.78, 5) is 0.920. The van der Waals surface area contributed by atoms with Crippen LogP contribution in [-0.2, 0) is 14.8 Å². The molecule has 0 radical (unpaired) electrons. The van der Waals surface area contributed by atoms with Gasteiger partial charge in [0.05, 0.1) is 12.3 Å². The van der Waals surface area contributed by atoms with Gasteiger partial charge < -0.3 is 15.8 Å². The Bertz CT molecular complexity index is 1240. The number of allylic oxidation sites excluding steroid dienone is 1. The van der Waals surface area contributed by atoms with Gasteiger partial charge in [-0.2, -0.15) is 12.8 Å². The van der Waals surface area contributed by atoms with Gasteiger partial charge in [-0.3, -0.25) is 5.43 Å². The maximum Gasteiger partial charge on any atom is 0.290 e. The van der Waals surface area contributed by atoms with Crippen molar-refractivity contribution in [2.75, 3.05) is 6.61 Å². The van der Waals surface area contributed by atoms with Gasteiger partial charge in [0, 0.05) is 40.8 Å².